The number of nitrogens with zero attached hydrogens (tertiary/aromatic N) is 1. The van der Waals surface area contributed by atoms with Gasteiger partial charge in [-0.3, -0.25) is 0 Å². The Morgan fingerprint density at radius 3 is 1.75 bits per heavy atom. The van der Waals surface area contributed by atoms with Gasteiger partial charge in [0.25, 0.3) is 0 Å². The maximum absolute atomic E-state index is 6.27. The van der Waals surface area contributed by atoms with Gasteiger partial charge in [-0.2, -0.15) is 0 Å². The van der Waals surface area contributed by atoms with E-state index in [0.717, 1.165) is 39.0 Å². The highest BCUT2D eigenvalue weighted by atomic mass is 32.1. The first-order chi connectivity index (χ1) is 25.8. The lowest BCUT2D eigenvalue weighted by molar-refractivity contribution is 0.669. The molecule has 0 aliphatic rings. The first-order valence-corrected chi connectivity index (χ1v) is 19.1. The first kappa shape index (κ1) is 29.5. The SMILES string of the molecule is c1ccc(-c2cccc3c2sc2c(N(c4ccc(-c5cccc6c5sc5ccccc56)cc4)c4ccc5oc6ccccc6c5c4)cccc23)cc1. The molecule has 4 heteroatoms. The summed E-state index contributed by atoms with van der Waals surface area (Å²) < 4.78 is 11.5. The molecule has 0 N–H and O–H groups in total. The van der Waals surface area contributed by atoms with Gasteiger partial charge in [0.15, 0.2) is 0 Å². The summed E-state index contributed by atoms with van der Waals surface area (Å²) in [5.74, 6) is 0. The van der Waals surface area contributed by atoms with Crippen molar-refractivity contribution in [2.75, 3.05) is 4.90 Å². The molecular weight excluding hydrogens is 671 g/mol. The second-order valence-corrected chi connectivity index (χ2v) is 15.3. The van der Waals surface area contributed by atoms with E-state index < -0.39 is 0 Å². The zero-order chi connectivity index (χ0) is 34.2. The molecule has 0 fully saturated rings. The molecule has 0 saturated heterocycles. The normalized spacial score (nSPS) is 11.8. The third-order valence-electron chi connectivity index (χ3n) is 10.3. The monoisotopic (exact) mass is 699 g/mol. The number of rotatable bonds is 5. The second kappa shape index (κ2) is 11.7. The molecule has 0 saturated carbocycles. The summed E-state index contributed by atoms with van der Waals surface area (Å²) >= 11 is 3.75. The van der Waals surface area contributed by atoms with E-state index in [9.17, 15) is 0 Å². The number of thiophene rings is 2. The Morgan fingerprint density at radius 1 is 0.365 bits per heavy atom. The minimum absolute atomic E-state index is 0.893. The zero-order valence-corrected chi connectivity index (χ0v) is 29.5. The van der Waals surface area contributed by atoms with Crippen LogP contribution in [0.2, 0.25) is 0 Å². The minimum atomic E-state index is 0.893. The van der Waals surface area contributed by atoms with Gasteiger partial charge in [-0.1, -0.05) is 127 Å². The largest absolute Gasteiger partial charge is 0.456 e. The predicted molar refractivity (Wildman–Crippen MR) is 225 cm³/mol. The summed E-state index contributed by atoms with van der Waals surface area (Å²) in [5, 5.41) is 7.42. The van der Waals surface area contributed by atoms with Gasteiger partial charge in [-0.25, -0.2) is 0 Å². The molecule has 0 aliphatic heterocycles. The van der Waals surface area contributed by atoms with E-state index in [1.54, 1.807) is 0 Å². The molecule has 0 amide bonds. The smallest absolute Gasteiger partial charge is 0.135 e. The summed E-state index contributed by atoms with van der Waals surface area (Å²) in [5.41, 5.74) is 10.1. The Bertz CT molecular complexity index is 3130. The average Bonchev–Trinajstić information content (AvgIpc) is 3.90. The fourth-order valence-electron chi connectivity index (χ4n) is 7.87. The molecule has 8 aromatic carbocycles. The second-order valence-electron chi connectivity index (χ2n) is 13.2. The van der Waals surface area contributed by atoms with E-state index >= 15 is 0 Å². The van der Waals surface area contributed by atoms with Crippen LogP contribution in [0.25, 0.3) is 84.5 Å². The molecule has 0 aliphatic carbocycles. The van der Waals surface area contributed by atoms with Crippen LogP contribution >= 0.6 is 22.7 Å². The maximum Gasteiger partial charge on any atom is 0.135 e. The average molecular weight is 700 g/mol. The van der Waals surface area contributed by atoms with Gasteiger partial charge < -0.3 is 9.32 Å². The molecular formula is C48H29NOS2. The predicted octanol–water partition coefficient (Wildman–Crippen LogP) is 15.1. The van der Waals surface area contributed by atoms with Crippen molar-refractivity contribution in [3.8, 4) is 22.3 Å². The van der Waals surface area contributed by atoms with Crippen molar-refractivity contribution in [1.29, 1.82) is 0 Å². The number of furan rings is 1. The van der Waals surface area contributed by atoms with Gasteiger partial charge in [0.05, 0.1) is 10.4 Å². The molecule has 0 spiro atoms. The molecule has 0 bridgehead atoms. The van der Waals surface area contributed by atoms with E-state index in [-0.39, 0.29) is 0 Å². The van der Waals surface area contributed by atoms with Gasteiger partial charge >= 0.3 is 0 Å². The van der Waals surface area contributed by atoms with Crippen molar-refractivity contribution in [3.63, 3.8) is 0 Å². The molecule has 2 nitrogen and oxygen atoms in total. The molecule has 3 aromatic heterocycles. The van der Waals surface area contributed by atoms with E-state index in [1.807, 2.05) is 34.8 Å². The van der Waals surface area contributed by atoms with Crippen molar-refractivity contribution < 1.29 is 4.42 Å². The van der Waals surface area contributed by atoms with Crippen molar-refractivity contribution in [1.82, 2.24) is 0 Å². The standard InChI is InChI=1S/C48H29NOS2/c1-2-11-30(12-3-1)34-15-9-18-39-40-19-10-20-42(48(40)52-47(34)39)49(33-27-28-44-41(29-33)36-13-4-6-21-43(36)50-44)32-25-23-31(24-26-32)35-16-8-17-38-37-14-5-7-22-45(37)51-46(35)38/h1-29H. The molecule has 0 radical (unpaired) electrons. The highest BCUT2D eigenvalue weighted by molar-refractivity contribution is 7.27. The molecule has 3 heterocycles. The minimum Gasteiger partial charge on any atom is -0.456 e. The van der Waals surface area contributed by atoms with Gasteiger partial charge in [0.2, 0.25) is 0 Å². The zero-order valence-electron chi connectivity index (χ0n) is 27.9. The van der Waals surface area contributed by atoms with E-state index in [0.29, 0.717) is 0 Å². The quantitative estimate of drug-likeness (QED) is 0.178. The third-order valence-corrected chi connectivity index (χ3v) is 12.8. The Hall–Kier alpha value is -6.20. The van der Waals surface area contributed by atoms with Crippen LogP contribution in [0, 0.1) is 0 Å². The summed E-state index contributed by atoms with van der Waals surface area (Å²) in [6.45, 7) is 0. The topological polar surface area (TPSA) is 16.4 Å². The highest BCUT2D eigenvalue weighted by Gasteiger charge is 2.21. The van der Waals surface area contributed by atoms with Gasteiger partial charge in [-0.15, -0.1) is 22.7 Å². The number of hydrogen-bond donors (Lipinski definition) is 0. The van der Waals surface area contributed by atoms with Crippen LogP contribution in [0.15, 0.2) is 180 Å². The Labute approximate surface area is 308 Å². The van der Waals surface area contributed by atoms with Crippen LogP contribution in [-0.4, -0.2) is 0 Å². The van der Waals surface area contributed by atoms with Crippen molar-refractivity contribution in [2.45, 2.75) is 0 Å². The lowest BCUT2D eigenvalue weighted by Crippen LogP contribution is -2.10. The van der Waals surface area contributed by atoms with Crippen LogP contribution in [0.5, 0.6) is 0 Å². The van der Waals surface area contributed by atoms with Crippen LogP contribution in [0.1, 0.15) is 0 Å². The van der Waals surface area contributed by atoms with Crippen LogP contribution < -0.4 is 4.90 Å². The summed E-state index contributed by atoms with van der Waals surface area (Å²) in [4.78, 5) is 2.42. The molecule has 244 valence electrons. The molecule has 11 rings (SSSR count). The summed E-state index contributed by atoms with van der Waals surface area (Å²) in [6, 6.07) is 63.6. The highest BCUT2D eigenvalue weighted by Crippen LogP contribution is 2.48. The van der Waals surface area contributed by atoms with Crippen LogP contribution in [0.3, 0.4) is 0 Å². The first-order valence-electron chi connectivity index (χ1n) is 17.5. The Morgan fingerprint density at radius 2 is 0.942 bits per heavy atom. The van der Waals surface area contributed by atoms with E-state index in [1.165, 1.54) is 62.6 Å². The van der Waals surface area contributed by atoms with E-state index in [2.05, 4.69) is 169 Å². The molecule has 52 heavy (non-hydrogen) atoms. The molecule has 0 atom stereocenters. The van der Waals surface area contributed by atoms with Gasteiger partial charge in [0, 0.05) is 57.8 Å². The lowest BCUT2D eigenvalue weighted by atomic mass is 10.0. The molecule has 11 aromatic rings. The van der Waals surface area contributed by atoms with Crippen molar-refractivity contribution >= 4 is 102 Å². The van der Waals surface area contributed by atoms with Gasteiger partial charge in [-0.05, 0) is 70.8 Å². The number of benzene rings is 8. The fourth-order valence-corrected chi connectivity index (χ4v) is 10.4. The lowest BCUT2D eigenvalue weighted by Gasteiger charge is -2.26. The third kappa shape index (κ3) is 4.55. The Balaban J connectivity index is 1.12. The number of para-hydroxylation sites is 1. The van der Waals surface area contributed by atoms with Crippen LogP contribution in [-0.2, 0) is 0 Å². The number of anilines is 3. The summed E-state index contributed by atoms with van der Waals surface area (Å²) in [6.07, 6.45) is 0. The number of hydrogen-bond acceptors (Lipinski definition) is 4. The maximum atomic E-state index is 6.27. The number of fused-ring (bicyclic) bond motifs is 9. The molecule has 0 unspecified atom stereocenters. The Kier molecular flexibility index (Phi) is 6.63. The van der Waals surface area contributed by atoms with Crippen LogP contribution in [0.4, 0.5) is 17.1 Å². The fraction of sp³-hybridized carbons (Fsp3) is 0. The van der Waals surface area contributed by atoms with Gasteiger partial charge in [0.1, 0.15) is 11.2 Å². The summed E-state index contributed by atoms with van der Waals surface area (Å²) in [7, 11) is 0. The van der Waals surface area contributed by atoms with Crippen molar-refractivity contribution in [2.24, 2.45) is 0 Å². The van der Waals surface area contributed by atoms with Crippen molar-refractivity contribution in [3.05, 3.63) is 176 Å². The van der Waals surface area contributed by atoms with E-state index in [4.69, 9.17) is 4.42 Å².